The lowest BCUT2D eigenvalue weighted by molar-refractivity contribution is -0.142. The predicted molar refractivity (Wildman–Crippen MR) is 99.7 cm³/mol. The Bertz CT molecular complexity index is 433. The molecule has 0 aromatic heterocycles. The molecule has 1 unspecified atom stereocenters. The van der Waals surface area contributed by atoms with Gasteiger partial charge in [0, 0.05) is 0 Å². The molecule has 0 saturated carbocycles. The van der Waals surface area contributed by atoms with Crippen LogP contribution in [0.2, 0.25) is 36.3 Å². The van der Waals surface area contributed by atoms with Gasteiger partial charge in [0.05, 0.1) is 19.1 Å². The Morgan fingerprint density at radius 3 is 1.91 bits per heavy atom. The van der Waals surface area contributed by atoms with E-state index in [4.69, 9.17) is 13.6 Å². The first-order chi connectivity index (χ1) is 10.1. The average Bonchev–Trinajstić information content (AvgIpc) is 2.63. The maximum Gasteiger partial charge on any atom is 0.308 e. The maximum atomic E-state index is 11.8. The van der Waals surface area contributed by atoms with Crippen molar-refractivity contribution in [3.63, 3.8) is 0 Å². The number of ether oxygens (including phenoxy) is 1. The lowest BCUT2D eigenvalue weighted by Crippen LogP contribution is -2.48. The second kappa shape index (κ2) is 6.61. The minimum atomic E-state index is -1.93. The van der Waals surface area contributed by atoms with Crippen molar-refractivity contribution in [3.8, 4) is 0 Å². The van der Waals surface area contributed by atoms with Gasteiger partial charge in [-0.25, -0.2) is 0 Å². The molecule has 1 heterocycles. The van der Waals surface area contributed by atoms with Crippen molar-refractivity contribution < 1.29 is 18.4 Å². The molecule has 0 amide bonds. The first kappa shape index (κ1) is 20.9. The first-order valence-electron chi connectivity index (χ1n) is 8.58. The van der Waals surface area contributed by atoms with Crippen molar-refractivity contribution in [3.05, 3.63) is 0 Å². The zero-order valence-corrected chi connectivity index (χ0v) is 18.7. The zero-order chi connectivity index (χ0) is 18.3. The highest BCUT2D eigenvalue weighted by Crippen LogP contribution is 2.40. The zero-order valence-electron chi connectivity index (χ0n) is 16.7. The van der Waals surface area contributed by atoms with Gasteiger partial charge in [-0.15, -0.1) is 0 Å². The van der Waals surface area contributed by atoms with Crippen LogP contribution in [0.5, 0.6) is 0 Å². The Morgan fingerprint density at radius 1 is 1.00 bits per heavy atom. The van der Waals surface area contributed by atoms with Gasteiger partial charge >= 0.3 is 5.97 Å². The van der Waals surface area contributed by atoms with Gasteiger partial charge in [-0.3, -0.25) is 4.79 Å². The number of carbonyl (C=O) groups is 1. The second-order valence-corrected chi connectivity index (χ2v) is 19.3. The molecule has 0 aromatic rings. The second-order valence-electron chi connectivity index (χ2n) is 9.72. The van der Waals surface area contributed by atoms with Crippen LogP contribution in [0.15, 0.2) is 0 Å². The molecule has 0 radical (unpaired) electrons. The van der Waals surface area contributed by atoms with Crippen molar-refractivity contribution in [2.45, 2.75) is 96.4 Å². The van der Waals surface area contributed by atoms with Crippen LogP contribution in [0.1, 0.15) is 48.0 Å². The lowest BCUT2D eigenvalue weighted by atomic mass is 10.2. The van der Waals surface area contributed by atoms with Crippen LogP contribution in [0.4, 0.5) is 0 Å². The predicted octanol–water partition coefficient (Wildman–Crippen LogP) is 4.71. The third kappa shape index (κ3) is 5.15. The van der Waals surface area contributed by atoms with Crippen LogP contribution in [0.3, 0.4) is 0 Å². The highest BCUT2D eigenvalue weighted by Gasteiger charge is 2.46. The fourth-order valence-electron chi connectivity index (χ4n) is 1.91. The molecule has 1 aliphatic rings. The number of cyclic esters (lactones) is 1. The van der Waals surface area contributed by atoms with E-state index in [-0.39, 0.29) is 28.3 Å². The summed E-state index contributed by atoms with van der Waals surface area (Å²) in [5, 5.41) is 0.259. The molecule has 0 bridgehead atoms. The lowest BCUT2D eigenvalue weighted by Gasteiger charge is -2.40. The summed E-state index contributed by atoms with van der Waals surface area (Å²) < 4.78 is 18.2. The summed E-state index contributed by atoms with van der Waals surface area (Å²) in [6.45, 7) is 22.6. The third-order valence-corrected chi connectivity index (χ3v) is 14.7. The Kier molecular flexibility index (Phi) is 6.00. The van der Waals surface area contributed by atoms with Crippen LogP contribution < -0.4 is 0 Å². The molecule has 6 heteroatoms. The monoisotopic (exact) mass is 360 g/mol. The normalized spacial score (nSPS) is 24.0. The minimum absolute atomic E-state index is 0.115. The highest BCUT2D eigenvalue weighted by molar-refractivity contribution is 6.74. The summed E-state index contributed by atoms with van der Waals surface area (Å²) in [5.74, 6) is -0.169. The fourth-order valence-corrected chi connectivity index (χ4v) is 4.27. The van der Waals surface area contributed by atoms with Crippen molar-refractivity contribution in [1.82, 2.24) is 0 Å². The number of hydrogen-bond acceptors (Lipinski definition) is 4. The molecule has 1 rings (SSSR count). The Hall–Kier alpha value is -0.176. The smallest absolute Gasteiger partial charge is 0.308 e. The molecule has 1 saturated heterocycles. The van der Waals surface area contributed by atoms with Crippen LogP contribution in [-0.4, -0.2) is 41.4 Å². The van der Waals surface area contributed by atoms with E-state index in [0.717, 1.165) is 0 Å². The average molecular weight is 361 g/mol. The summed E-state index contributed by atoms with van der Waals surface area (Å²) in [4.78, 5) is 11.8. The number of hydrogen-bond donors (Lipinski definition) is 0. The third-order valence-electron chi connectivity index (χ3n) is 5.73. The first-order valence-corrected chi connectivity index (χ1v) is 14.4. The molecule has 23 heavy (non-hydrogen) atoms. The van der Waals surface area contributed by atoms with E-state index >= 15 is 0 Å². The SMILES string of the molecule is CC(C)(C)[Si](C)(C)OC[C@H]1OC(=O)CC1O[Si](C)(C)C(C)(C)C. The van der Waals surface area contributed by atoms with Crippen molar-refractivity contribution in [1.29, 1.82) is 0 Å². The molecule has 0 N–H and O–H groups in total. The van der Waals surface area contributed by atoms with Gasteiger partial charge in [0.15, 0.2) is 16.6 Å². The molecule has 136 valence electrons. The molecule has 0 aliphatic carbocycles. The largest absolute Gasteiger partial charge is 0.457 e. The molecule has 0 spiro atoms. The Morgan fingerprint density at radius 2 is 1.48 bits per heavy atom. The number of rotatable bonds is 5. The van der Waals surface area contributed by atoms with Gasteiger partial charge in [-0.1, -0.05) is 41.5 Å². The summed E-state index contributed by atoms with van der Waals surface area (Å²) in [7, 11) is -3.78. The molecule has 4 nitrogen and oxygen atoms in total. The fraction of sp³-hybridized carbons (Fsp3) is 0.941. The van der Waals surface area contributed by atoms with Gasteiger partial charge in [-0.2, -0.15) is 0 Å². The van der Waals surface area contributed by atoms with Gasteiger partial charge < -0.3 is 13.6 Å². The molecule has 1 aliphatic heterocycles. The molecular formula is C17H36O4Si2. The molecule has 1 fully saturated rings. The van der Waals surface area contributed by atoms with E-state index in [1.165, 1.54) is 0 Å². The molecular weight excluding hydrogens is 324 g/mol. The van der Waals surface area contributed by atoms with Crippen molar-refractivity contribution in [2.75, 3.05) is 6.61 Å². The number of carbonyl (C=O) groups excluding carboxylic acids is 1. The molecule has 0 aromatic carbocycles. The summed E-state index contributed by atoms with van der Waals surface area (Å²) in [6.07, 6.45) is -0.100. The highest BCUT2D eigenvalue weighted by atomic mass is 28.4. The summed E-state index contributed by atoms with van der Waals surface area (Å²) in [5.41, 5.74) is 0. The van der Waals surface area contributed by atoms with Gasteiger partial charge in [0.1, 0.15) is 6.10 Å². The standard InChI is InChI=1S/C17H36O4Si2/c1-16(2,3)22(7,8)19-12-14-13(11-15(18)20-14)21-23(9,10)17(4,5)6/h13-14H,11-12H2,1-10H3/t13?,14-/m1/s1. The van der Waals surface area contributed by atoms with E-state index in [0.29, 0.717) is 13.0 Å². The Labute approximate surface area is 144 Å². The van der Waals surface area contributed by atoms with E-state index in [2.05, 4.69) is 67.7 Å². The number of esters is 1. The summed E-state index contributed by atoms with van der Waals surface area (Å²) >= 11 is 0. The minimum Gasteiger partial charge on any atom is -0.457 e. The van der Waals surface area contributed by atoms with Gasteiger partial charge in [0.25, 0.3) is 0 Å². The van der Waals surface area contributed by atoms with Crippen LogP contribution >= 0.6 is 0 Å². The molecule has 2 atom stereocenters. The van der Waals surface area contributed by atoms with Gasteiger partial charge in [-0.05, 0) is 36.3 Å². The van der Waals surface area contributed by atoms with Crippen molar-refractivity contribution in [2.24, 2.45) is 0 Å². The van der Waals surface area contributed by atoms with Gasteiger partial charge in [0.2, 0.25) is 0 Å². The van der Waals surface area contributed by atoms with E-state index in [1.807, 2.05) is 0 Å². The topological polar surface area (TPSA) is 44.8 Å². The van der Waals surface area contributed by atoms with E-state index in [1.54, 1.807) is 0 Å². The van der Waals surface area contributed by atoms with Crippen LogP contribution in [-0.2, 0) is 18.4 Å². The van der Waals surface area contributed by atoms with E-state index in [9.17, 15) is 4.79 Å². The van der Waals surface area contributed by atoms with E-state index < -0.39 is 16.6 Å². The van der Waals surface area contributed by atoms with Crippen molar-refractivity contribution >= 4 is 22.6 Å². The van der Waals surface area contributed by atoms with Crippen LogP contribution in [0.25, 0.3) is 0 Å². The summed E-state index contributed by atoms with van der Waals surface area (Å²) in [6, 6.07) is 0. The maximum absolute atomic E-state index is 11.8. The quantitative estimate of drug-likeness (QED) is 0.526. The Balaban J connectivity index is 2.76. The van der Waals surface area contributed by atoms with Crippen LogP contribution in [0, 0.1) is 0 Å².